The summed E-state index contributed by atoms with van der Waals surface area (Å²) in [5, 5.41) is 15.5. The highest BCUT2D eigenvalue weighted by Crippen LogP contribution is 2.20. The summed E-state index contributed by atoms with van der Waals surface area (Å²) in [7, 11) is 0. The Morgan fingerprint density at radius 3 is 2.74 bits per heavy atom. The number of carbonyl (C=O) groups excluding carboxylic acids is 1. The van der Waals surface area contributed by atoms with E-state index in [2.05, 4.69) is 26.2 Å². The molecule has 0 aliphatic rings. The summed E-state index contributed by atoms with van der Waals surface area (Å²) in [4.78, 5) is 26.3. The van der Waals surface area contributed by atoms with E-state index in [1.165, 1.54) is 28.1 Å². The summed E-state index contributed by atoms with van der Waals surface area (Å²) in [6.45, 7) is 0.429. The van der Waals surface area contributed by atoms with Crippen LogP contribution in [0.3, 0.4) is 0 Å². The van der Waals surface area contributed by atoms with Crippen molar-refractivity contribution in [3.63, 3.8) is 0 Å². The van der Waals surface area contributed by atoms with Crippen LogP contribution in [0.2, 0.25) is 0 Å². The smallest absolute Gasteiger partial charge is 0.355 e. The average molecular weight is 361 g/mol. The van der Waals surface area contributed by atoms with Crippen molar-refractivity contribution in [1.29, 1.82) is 0 Å². The van der Waals surface area contributed by atoms with Crippen LogP contribution in [0.25, 0.3) is 0 Å². The Balaban J connectivity index is 1.83. The maximum Gasteiger partial charge on any atom is 0.355 e. The quantitative estimate of drug-likeness (QED) is 0.858. The molecule has 0 unspecified atom stereocenters. The zero-order valence-corrected chi connectivity index (χ0v) is 12.8. The molecule has 5 nitrogen and oxygen atoms in total. The number of carbonyl (C=O) groups is 2. The normalized spacial score (nSPS) is 10.4. The minimum Gasteiger partial charge on any atom is -0.476 e. The van der Waals surface area contributed by atoms with Gasteiger partial charge in [0.05, 0.1) is 14.4 Å². The third-order valence-electron chi connectivity index (χ3n) is 2.22. The van der Waals surface area contributed by atoms with Crippen molar-refractivity contribution in [2.45, 2.75) is 6.42 Å². The number of hydrogen-bond acceptors (Lipinski definition) is 5. The van der Waals surface area contributed by atoms with Crippen LogP contribution < -0.4 is 5.32 Å². The number of carboxylic acid groups (broad SMARTS) is 1. The van der Waals surface area contributed by atoms with Crippen molar-refractivity contribution < 1.29 is 14.7 Å². The number of halogens is 1. The second-order valence-electron chi connectivity index (χ2n) is 3.58. The molecule has 0 atom stereocenters. The minimum absolute atomic E-state index is 0.0492. The molecule has 0 saturated heterocycles. The van der Waals surface area contributed by atoms with Crippen molar-refractivity contribution in [1.82, 2.24) is 10.3 Å². The lowest BCUT2D eigenvalue weighted by Gasteiger charge is -2.01. The van der Waals surface area contributed by atoms with Gasteiger partial charge in [-0.15, -0.1) is 22.7 Å². The predicted octanol–water partition coefficient (Wildman–Crippen LogP) is 2.64. The molecule has 2 aromatic heterocycles. The number of thiazole rings is 1. The Morgan fingerprint density at radius 1 is 1.37 bits per heavy atom. The molecular weight excluding hydrogens is 352 g/mol. The fourth-order valence-corrected chi connectivity index (χ4v) is 3.25. The molecule has 0 spiro atoms. The third kappa shape index (κ3) is 3.85. The zero-order valence-electron chi connectivity index (χ0n) is 9.55. The highest BCUT2D eigenvalue weighted by atomic mass is 79.9. The van der Waals surface area contributed by atoms with Crippen molar-refractivity contribution in [3.8, 4) is 0 Å². The minimum atomic E-state index is -1.03. The van der Waals surface area contributed by atoms with Crippen LogP contribution in [-0.2, 0) is 6.42 Å². The number of aromatic nitrogens is 1. The lowest BCUT2D eigenvalue weighted by atomic mass is 10.3. The first-order chi connectivity index (χ1) is 9.06. The Hall–Kier alpha value is -1.25. The van der Waals surface area contributed by atoms with E-state index >= 15 is 0 Å². The van der Waals surface area contributed by atoms with Crippen molar-refractivity contribution in [2.24, 2.45) is 0 Å². The first-order valence-electron chi connectivity index (χ1n) is 5.26. The molecule has 0 aromatic carbocycles. The fraction of sp³-hybridized carbons (Fsp3) is 0.182. The monoisotopic (exact) mass is 360 g/mol. The van der Waals surface area contributed by atoms with Crippen LogP contribution in [0, 0.1) is 0 Å². The molecule has 19 heavy (non-hydrogen) atoms. The second-order valence-corrected chi connectivity index (χ2v) is 6.81. The number of carboxylic acids is 1. The summed E-state index contributed by atoms with van der Waals surface area (Å²) in [6.07, 6.45) is 0.523. The largest absolute Gasteiger partial charge is 0.476 e. The van der Waals surface area contributed by atoms with E-state index in [1.54, 1.807) is 11.4 Å². The van der Waals surface area contributed by atoms with Gasteiger partial charge in [0.25, 0.3) is 5.91 Å². The molecule has 8 heteroatoms. The van der Waals surface area contributed by atoms with Gasteiger partial charge in [-0.3, -0.25) is 4.79 Å². The summed E-state index contributed by atoms with van der Waals surface area (Å²) in [5.41, 5.74) is 0.662. The highest BCUT2D eigenvalue weighted by Gasteiger charge is 2.10. The number of thiophene rings is 1. The van der Waals surface area contributed by atoms with Crippen LogP contribution in [0.1, 0.15) is 25.9 Å². The zero-order chi connectivity index (χ0) is 13.8. The van der Waals surface area contributed by atoms with Gasteiger partial charge in [0.2, 0.25) is 0 Å². The van der Waals surface area contributed by atoms with Crippen molar-refractivity contribution in [2.75, 3.05) is 6.54 Å². The number of hydrogen-bond donors (Lipinski definition) is 2. The number of amides is 1. The highest BCUT2D eigenvalue weighted by molar-refractivity contribution is 9.11. The van der Waals surface area contributed by atoms with Gasteiger partial charge < -0.3 is 10.4 Å². The molecule has 0 saturated carbocycles. The van der Waals surface area contributed by atoms with E-state index < -0.39 is 5.97 Å². The maximum atomic E-state index is 11.7. The molecule has 2 aromatic rings. The number of nitrogens with zero attached hydrogens (tertiary/aromatic N) is 1. The van der Waals surface area contributed by atoms with Crippen LogP contribution in [-0.4, -0.2) is 28.5 Å². The summed E-state index contributed by atoms with van der Waals surface area (Å²) in [6, 6.07) is 1.76. The topological polar surface area (TPSA) is 79.3 Å². The third-order valence-corrected chi connectivity index (χ3v) is 4.64. The fourth-order valence-electron chi connectivity index (χ4n) is 1.34. The molecule has 1 amide bonds. The standard InChI is InChI=1S/C11H9BrN2O3S2/c12-8-3-6(4-18-8)10(15)13-2-1-9-14-7(5-19-9)11(16)17/h3-5H,1-2H2,(H,13,15)(H,16,17). The molecule has 100 valence electrons. The van der Waals surface area contributed by atoms with E-state index in [4.69, 9.17) is 5.11 Å². The Kier molecular flexibility index (Phi) is 4.67. The summed E-state index contributed by atoms with van der Waals surface area (Å²) in [5.74, 6) is -1.17. The van der Waals surface area contributed by atoms with Crippen LogP contribution in [0.4, 0.5) is 0 Å². The number of rotatable bonds is 5. The van der Waals surface area contributed by atoms with E-state index in [0.29, 0.717) is 23.5 Å². The predicted molar refractivity (Wildman–Crippen MR) is 77.1 cm³/mol. The molecule has 2 rings (SSSR count). The summed E-state index contributed by atoms with van der Waals surface area (Å²) < 4.78 is 0.906. The first kappa shape index (κ1) is 14.2. The molecule has 0 fully saturated rings. The maximum absolute atomic E-state index is 11.7. The number of nitrogens with one attached hydrogen (secondary N) is 1. The van der Waals surface area contributed by atoms with Gasteiger partial charge in [-0.05, 0) is 22.0 Å². The molecule has 0 aliphatic carbocycles. The van der Waals surface area contributed by atoms with Gasteiger partial charge in [0, 0.05) is 23.7 Å². The molecule has 0 bridgehead atoms. The lowest BCUT2D eigenvalue weighted by Crippen LogP contribution is -2.25. The van der Waals surface area contributed by atoms with E-state index in [1.807, 2.05) is 0 Å². The van der Waals surface area contributed by atoms with Gasteiger partial charge in [-0.25, -0.2) is 9.78 Å². The average Bonchev–Trinajstić information content (AvgIpc) is 2.98. The molecule has 0 radical (unpaired) electrons. The van der Waals surface area contributed by atoms with Gasteiger partial charge >= 0.3 is 5.97 Å². The second kappa shape index (κ2) is 6.27. The van der Waals surface area contributed by atoms with Gasteiger partial charge in [-0.1, -0.05) is 0 Å². The van der Waals surface area contributed by atoms with Gasteiger partial charge in [0.1, 0.15) is 0 Å². The Bertz CT molecular complexity index is 609. The summed E-state index contributed by atoms with van der Waals surface area (Å²) >= 11 is 6.03. The molecule has 2 heterocycles. The Labute approximate surface area is 125 Å². The SMILES string of the molecule is O=C(NCCc1nc(C(=O)O)cs1)c1csc(Br)c1. The molecule has 2 N–H and O–H groups in total. The van der Waals surface area contributed by atoms with Crippen LogP contribution >= 0.6 is 38.6 Å². The van der Waals surface area contributed by atoms with Gasteiger partial charge in [0.15, 0.2) is 5.69 Å². The van der Waals surface area contributed by atoms with E-state index in [-0.39, 0.29) is 11.6 Å². The number of aromatic carboxylic acids is 1. The van der Waals surface area contributed by atoms with Crippen molar-refractivity contribution in [3.05, 3.63) is 36.9 Å². The van der Waals surface area contributed by atoms with E-state index in [9.17, 15) is 9.59 Å². The van der Waals surface area contributed by atoms with Crippen molar-refractivity contribution >= 4 is 50.5 Å². The molecule has 0 aliphatic heterocycles. The van der Waals surface area contributed by atoms with E-state index in [0.717, 1.165) is 3.79 Å². The first-order valence-corrected chi connectivity index (χ1v) is 7.81. The van der Waals surface area contributed by atoms with Gasteiger partial charge in [-0.2, -0.15) is 0 Å². The van der Waals surface area contributed by atoms with Crippen LogP contribution in [0.15, 0.2) is 20.6 Å². The Morgan fingerprint density at radius 2 is 2.16 bits per heavy atom. The lowest BCUT2D eigenvalue weighted by molar-refractivity contribution is 0.0690. The molecular formula is C11H9BrN2O3S2. The van der Waals surface area contributed by atoms with Crippen LogP contribution in [0.5, 0.6) is 0 Å².